The highest BCUT2D eigenvalue weighted by molar-refractivity contribution is 6.03. The molecule has 1 amide bonds. The molecule has 0 radical (unpaired) electrons. The van der Waals surface area contributed by atoms with Crippen LogP contribution in [0.15, 0.2) is 18.2 Å². The molecule has 4 heteroatoms. The Morgan fingerprint density at radius 1 is 1.47 bits per heavy atom. The molecule has 17 heavy (non-hydrogen) atoms. The lowest BCUT2D eigenvalue weighted by atomic mass is 10.0. The smallest absolute Gasteiger partial charge is 0.246 e. The number of carbonyl (C=O) groups is 1. The highest BCUT2D eigenvalue weighted by atomic mass is 16.2. The van der Waals surface area contributed by atoms with Crippen LogP contribution in [-0.2, 0) is 11.3 Å². The van der Waals surface area contributed by atoms with Crippen LogP contribution < -0.4 is 16.0 Å². The van der Waals surface area contributed by atoms with Crippen LogP contribution in [0.5, 0.6) is 0 Å². The molecule has 0 aliphatic carbocycles. The summed E-state index contributed by atoms with van der Waals surface area (Å²) in [5, 5.41) is 2.93. The van der Waals surface area contributed by atoms with Crippen LogP contribution >= 0.6 is 0 Å². The Bertz CT molecular complexity index is 442. The van der Waals surface area contributed by atoms with Gasteiger partial charge < -0.3 is 16.0 Å². The first-order valence-corrected chi connectivity index (χ1v) is 5.96. The van der Waals surface area contributed by atoms with Gasteiger partial charge in [0.2, 0.25) is 5.91 Å². The lowest BCUT2D eigenvalue weighted by Crippen LogP contribution is -2.49. The number of amides is 1. The average molecular weight is 233 g/mol. The van der Waals surface area contributed by atoms with E-state index < -0.39 is 0 Å². The third kappa shape index (κ3) is 2.00. The fourth-order valence-electron chi connectivity index (χ4n) is 2.33. The van der Waals surface area contributed by atoms with Gasteiger partial charge in [0, 0.05) is 12.6 Å². The first kappa shape index (κ1) is 11.9. The predicted octanol–water partition coefficient (Wildman–Crippen LogP) is 1.70. The van der Waals surface area contributed by atoms with Gasteiger partial charge in [-0.15, -0.1) is 0 Å². The Kier molecular flexibility index (Phi) is 3.07. The van der Waals surface area contributed by atoms with Crippen LogP contribution in [0.4, 0.5) is 11.4 Å². The van der Waals surface area contributed by atoms with Crippen molar-refractivity contribution in [2.24, 2.45) is 5.73 Å². The summed E-state index contributed by atoms with van der Waals surface area (Å²) in [7, 11) is 0. The highest BCUT2D eigenvalue weighted by Crippen LogP contribution is 2.34. The summed E-state index contributed by atoms with van der Waals surface area (Å²) >= 11 is 0. The zero-order valence-corrected chi connectivity index (χ0v) is 10.5. The number of nitrogens with one attached hydrogen (secondary N) is 1. The second kappa shape index (κ2) is 4.37. The van der Waals surface area contributed by atoms with Crippen LogP contribution in [0.3, 0.4) is 0 Å². The van der Waals surface area contributed by atoms with Gasteiger partial charge in [-0.1, -0.05) is 6.07 Å². The van der Waals surface area contributed by atoms with Crippen LogP contribution in [0.2, 0.25) is 0 Å². The summed E-state index contributed by atoms with van der Waals surface area (Å²) < 4.78 is 0. The number of nitrogens with two attached hydrogens (primary N) is 1. The van der Waals surface area contributed by atoms with Crippen molar-refractivity contribution in [1.29, 1.82) is 0 Å². The summed E-state index contributed by atoms with van der Waals surface area (Å²) in [6, 6.07) is 6.16. The number of nitrogens with zero attached hydrogens (tertiary/aromatic N) is 1. The van der Waals surface area contributed by atoms with Crippen LogP contribution in [0.1, 0.15) is 26.3 Å². The first-order chi connectivity index (χ1) is 8.04. The van der Waals surface area contributed by atoms with Gasteiger partial charge in [0.05, 0.1) is 11.4 Å². The van der Waals surface area contributed by atoms with Crippen molar-refractivity contribution in [3.8, 4) is 0 Å². The van der Waals surface area contributed by atoms with E-state index in [1.54, 1.807) is 0 Å². The quantitative estimate of drug-likeness (QED) is 0.817. The minimum Gasteiger partial charge on any atom is -0.356 e. The molecule has 1 atom stereocenters. The molecule has 0 saturated carbocycles. The molecular weight excluding hydrogens is 214 g/mol. The fourth-order valence-corrected chi connectivity index (χ4v) is 2.33. The van der Waals surface area contributed by atoms with E-state index in [9.17, 15) is 4.79 Å². The maximum Gasteiger partial charge on any atom is 0.246 e. The highest BCUT2D eigenvalue weighted by Gasteiger charge is 2.30. The molecule has 1 aromatic rings. The summed E-state index contributed by atoms with van der Waals surface area (Å²) in [4.78, 5) is 14.0. The normalized spacial score (nSPS) is 19.2. The Morgan fingerprint density at radius 3 is 2.76 bits per heavy atom. The maximum absolute atomic E-state index is 11.9. The van der Waals surface area contributed by atoms with Crippen LogP contribution in [-0.4, -0.2) is 18.0 Å². The van der Waals surface area contributed by atoms with Crippen molar-refractivity contribution in [3.63, 3.8) is 0 Å². The third-order valence-corrected chi connectivity index (χ3v) is 3.19. The second-order valence-corrected chi connectivity index (χ2v) is 4.72. The molecule has 0 bridgehead atoms. The number of carbonyl (C=O) groups excluding carboxylic acids is 1. The molecule has 1 aliphatic rings. The number of fused-ring (bicyclic) bond motifs is 1. The third-order valence-electron chi connectivity index (χ3n) is 3.19. The van der Waals surface area contributed by atoms with E-state index in [-0.39, 0.29) is 11.9 Å². The van der Waals surface area contributed by atoms with Crippen molar-refractivity contribution in [3.05, 3.63) is 23.8 Å². The molecule has 1 aliphatic heterocycles. The number of hydrogen-bond acceptors (Lipinski definition) is 3. The maximum atomic E-state index is 11.9. The molecule has 1 heterocycles. The van der Waals surface area contributed by atoms with Crippen molar-refractivity contribution in [2.75, 3.05) is 10.2 Å². The van der Waals surface area contributed by atoms with E-state index in [2.05, 4.69) is 24.1 Å². The van der Waals surface area contributed by atoms with Gasteiger partial charge in [0.15, 0.2) is 0 Å². The van der Waals surface area contributed by atoms with Crippen molar-refractivity contribution in [2.45, 2.75) is 39.4 Å². The molecule has 4 nitrogen and oxygen atoms in total. The van der Waals surface area contributed by atoms with E-state index in [0.29, 0.717) is 12.6 Å². The minimum absolute atomic E-state index is 0.0420. The first-order valence-electron chi connectivity index (χ1n) is 5.96. The van der Waals surface area contributed by atoms with Crippen molar-refractivity contribution in [1.82, 2.24) is 0 Å². The number of hydrogen-bond donors (Lipinski definition) is 2. The topological polar surface area (TPSA) is 58.4 Å². The number of rotatable bonds is 2. The van der Waals surface area contributed by atoms with Crippen molar-refractivity contribution >= 4 is 17.3 Å². The second-order valence-electron chi connectivity index (χ2n) is 4.72. The molecule has 0 spiro atoms. The van der Waals surface area contributed by atoms with Gasteiger partial charge in [0.25, 0.3) is 0 Å². The average Bonchev–Trinajstić information content (AvgIpc) is 2.29. The summed E-state index contributed by atoms with van der Waals surface area (Å²) in [6.07, 6.45) is 0. The van der Waals surface area contributed by atoms with Gasteiger partial charge in [-0.2, -0.15) is 0 Å². The van der Waals surface area contributed by atoms with Gasteiger partial charge >= 0.3 is 0 Å². The molecular formula is C13H19N3O. The van der Waals surface area contributed by atoms with E-state index >= 15 is 0 Å². The molecule has 1 unspecified atom stereocenters. The minimum atomic E-state index is -0.133. The van der Waals surface area contributed by atoms with Crippen LogP contribution in [0.25, 0.3) is 0 Å². The zero-order valence-electron chi connectivity index (χ0n) is 10.5. The molecule has 0 aromatic heterocycles. The molecule has 2 rings (SSSR count). The summed E-state index contributed by atoms with van der Waals surface area (Å²) in [5.74, 6) is 0.0420. The lowest BCUT2D eigenvalue weighted by Gasteiger charge is -2.39. The van der Waals surface area contributed by atoms with Gasteiger partial charge in [-0.05, 0) is 38.5 Å². The molecule has 0 fully saturated rings. The Morgan fingerprint density at radius 2 is 2.18 bits per heavy atom. The lowest BCUT2D eigenvalue weighted by molar-refractivity contribution is -0.117. The monoisotopic (exact) mass is 233 g/mol. The van der Waals surface area contributed by atoms with Gasteiger partial charge in [-0.3, -0.25) is 4.79 Å². The van der Waals surface area contributed by atoms with E-state index in [1.807, 2.05) is 25.1 Å². The summed E-state index contributed by atoms with van der Waals surface area (Å²) in [5.41, 5.74) is 8.58. The largest absolute Gasteiger partial charge is 0.356 e. The van der Waals surface area contributed by atoms with E-state index in [4.69, 9.17) is 5.73 Å². The summed E-state index contributed by atoms with van der Waals surface area (Å²) in [6.45, 7) is 6.60. The van der Waals surface area contributed by atoms with Gasteiger partial charge in [0.1, 0.15) is 6.04 Å². The van der Waals surface area contributed by atoms with E-state index in [1.165, 1.54) is 0 Å². The standard InChI is InChI=1S/C13H19N3O/c1-8(2)16-9(3)13(17)15-11-6-10(7-14)4-5-12(11)16/h4-6,8-9H,7,14H2,1-3H3,(H,15,17). The van der Waals surface area contributed by atoms with Gasteiger partial charge in [-0.25, -0.2) is 0 Å². The zero-order chi connectivity index (χ0) is 12.6. The Hall–Kier alpha value is -1.55. The predicted molar refractivity (Wildman–Crippen MR) is 70.0 cm³/mol. The fraction of sp³-hybridized carbons (Fsp3) is 0.462. The SMILES string of the molecule is CC(C)N1c2ccc(CN)cc2NC(=O)C1C. The molecule has 1 aromatic carbocycles. The molecule has 3 N–H and O–H groups in total. The van der Waals surface area contributed by atoms with E-state index in [0.717, 1.165) is 16.9 Å². The van der Waals surface area contributed by atoms with Crippen LogP contribution in [0, 0.1) is 0 Å². The Balaban J connectivity index is 2.49. The Labute approximate surface area is 102 Å². The molecule has 92 valence electrons. The number of benzene rings is 1. The molecule has 0 saturated heterocycles. The van der Waals surface area contributed by atoms with Crippen molar-refractivity contribution < 1.29 is 4.79 Å². The number of anilines is 2.